The van der Waals surface area contributed by atoms with E-state index in [1.165, 1.54) is 12.8 Å². The molecule has 0 bridgehead atoms. The van der Waals surface area contributed by atoms with E-state index in [0.717, 1.165) is 0 Å². The molecular formula is C9H15NOS. The van der Waals surface area contributed by atoms with Crippen molar-refractivity contribution >= 4 is 17.9 Å². The monoisotopic (exact) mass is 185 g/mol. The lowest BCUT2D eigenvalue weighted by atomic mass is 10.1. The van der Waals surface area contributed by atoms with Crippen LogP contribution in [0, 0.1) is 5.92 Å². The number of hydrogen-bond donors (Lipinski definition) is 1. The maximum Gasteiger partial charge on any atom is 0.230 e. The van der Waals surface area contributed by atoms with Crippen LogP contribution in [0.15, 0.2) is 12.7 Å². The van der Waals surface area contributed by atoms with Crippen LogP contribution in [-0.4, -0.2) is 11.2 Å². The molecule has 0 aliphatic heterocycles. The molecule has 2 nitrogen and oxygen atoms in total. The van der Waals surface area contributed by atoms with Crippen molar-refractivity contribution in [3.05, 3.63) is 12.7 Å². The lowest BCUT2D eigenvalue weighted by molar-refractivity contribution is -0.119. The SMILES string of the molecule is C=C[C@H](C)CC(=O)NSC1CC1. The van der Waals surface area contributed by atoms with Gasteiger partial charge in [0.25, 0.3) is 0 Å². The zero-order valence-electron chi connectivity index (χ0n) is 7.38. The summed E-state index contributed by atoms with van der Waals surface area (Å²) < 4.78 is 2.84. The highest BCUT2D eigenvalue weighted by molar-refractivity contribution is 7.98. The molecule has 3 heteroatoms. The van der Waals surface area contributed by atoms with E-state index < -0.39 is 0 Å². The van der Waals surface area contributed by atoms with Crippen LogP contribution in [0.5, 0.6) is 0 Å². The third kappa shape index (κ3) is 3.81. The van der Waals surface area contributed by atoms with Crippen LogP contribution in [0.3, 0.4) is 0 Å². The molecule has 0 saturated heterocycles. The van der Waals surface area contributed by atoms with Crippen molar-refractivity contribution < 1.29 is 4.79 Å². The Morgan fingerprint density at radius 1 is 1.83 bits per heavy atom. The molecular weight excluding hydrogens is 170 g/mol. The summed E-state index contributed by atoms with van der Waals surface area (Å²) in [6.45, 7) is 5.63. The van der Waals surface area contributed by atoms with E-state index >= 15 is 0 Å². The Morgan fingerprint density at radius 3 is 3.00 bits per heavy atom. The summed E-state index contributed by atoms with van der Waals surface area (Å²) >= 11 is 1.57. The maximum atomic E-state index is 11.2. The Hall–Kier alpha value is -0.440. The second kappa shape index (κ2) is 4.55. The van der Waals surface area contributed by atoms with E-state index in [2.05, 4.69) is 11.3 Å². The summed E-state index contributed by atoms with van der Waals surface area (Å²) in [5.41, 5.74) is 0. The fourth-order valence-corrected chi connectivity index (χ4v) is 1.51. The van der Waals surface area contributed by atoms with Crippen LogP contribution >= 0.6 is 11.9 Å². The van der Waals surface area contributed by atoms with Gasteiger partial charge in [0.1, 0.15) is 0 Å². The molecule has 0 radical (unpaired) electrons. The van der Waals surface area contributed by atoms with Crippen molar-refractivity contribution in [2.45, 2.75) is 31.4 Å². The van der Waals surface area contributed by atoms with E-state index in [1.807, 2.05) is 6.92 Å². The molecule has 1 aliphatic carbocycles. The molecule has 1 rings (SSSR count). The highest BCUT2D eigenvalue weighted by Gasteiger charge is 2.22. The molecule has 0 heterocycles. The smallest absolute Gasteiger partial charge is 0.230 e. The fraction of sp³-hybridized carbons (Fsp3) is 0.667. The quantitative estimate of drug-likeness (QED) is 0.525. The third-order valence-corrected chi connectivity index (χ3v) is 2.92. The first-order chi connectivity index (χ1) is 5.72. The Bertz CT molecular complexity index is 177. The van der Waals surface area contributed by atoms with Gasteiger partial charge in [-0.25, -0.2) is 0 Å². The first kappa shape index (κ1) is 9.65. The van der Waals surface area contributed by atoms with Gasteiger partial charge in [0.15, 0.2) is 0 Å². The first-order valence-corrected chi connectivity index (χ1v) is 5.17. The second-order valence-corrected chi connectivity index (χ2v) is 4.37. The molecule has 68 valence electrons. The predicted octanol–water partition coefficient (Wildman–Crippen LogP) is 2.13. The summed E-state index contributed by atoms with van der Waals surface area (Å²) in [6.07, 6.45) is 4.87. The van der Waals surface area contributed by atoms with Crippen molar-refractivity contribution in [2.24, 2.45) is 5.92 Å². The standard InChI is InChI=1S/C9H15NOS/c1-3-7(2)6-9(11)10-12-8-4-5-8/h3,7-8H,1,4-6H2,2H3,(H,10,11)/t7-/m0/s1. The lowest BCUT2D eigenvalue weighted by Gasteiger charge is -2.05. The van der Waals surface area contributed by atoms with Gasteiger partial charge in [0.05, 0.1) is 0 Å². The van der Waals surface area contributed by atoms with Gasteiger partial charge >= 0.3 is 0 Å². The number of allylic oxidation sites excluding steroid dienone is 1. The Morgan fingerprint density at radius 2 is 2.50 bits per heavy atom. The normalized spacial score (nSPS) is 18.4. The molecule has 12 heavy (non-hydrogen) atoms. The topological polar surface area (TPSA) is 29.1 Å². The van der Waals surface area contributed by atoms with Gasteiger partial charge in [-0.15, -0.1) is 6.58 Å². The number of amides is 1. The lowest BCUT2D eigenvalue weighted by Crippen LogP contribution is -2.18. The number of hydrogen-bond acceptors (Lipinski definition) is 2. The van der Waals surface area contributed by atoms with Crippen molar-refractivity contribution in [3.63, 3.8) is 0 Å². The van der Waals surface area contributed by atoms with E-state index in [9.17, 15) is 4.79 Å². The summed E-state index contributed by atoms with van der Waals surface area (Å²) in [6, 6.07) is 0. The van der Waals surface area contributed by atoms with Crippen molar-refractivity contribution in [2.75, 3.05) is 0 Å². The molecule has 0 aromatic heterocycles. The number of rotatable bonds is 5. The largest absolute Gasteiger partial charge is 0.300 e. The Labute approximate surface area is 77.9 Å². The van der Waals surface area contributed by atoms with E-state index in [-0.39, 0.29) is 11.8 Å². The van der Waals surface area contributed by atoms with Crippen molar-refractivity contribution in [1.82, 2.24) is 4.72 Å². The van der Waals surface area contributed by atoms with E-state index in [4.69, 9.17) is 0 Å². The molecule has 0 spiro atoms. The van der Waals surface area contributed by atoms with Gasteiger partial charge in [-0.1, -0.05) is 13.0 Å². The van der Waals surface area contributed by atoms with Gasteiger partial charge in [0, 0.05) is 11.7 Å². The van der Waals surface area contributed by atoms with Crippen molar-refractivity contribution in [3.8, 4) is 0 Å². The van der Waals surface area contributed by atoms with Crippen molar-refractivity contribution in [1.29, 1.82) is 0 Å². The second-order valence-electron chi connectivity index (χ2n) is 3.26. The summed E-state index contributed by atoms with van der Waals surface area (Å²) in [5, 5.41) is 0.688. The molecule has 1 N–H and O–H groups in total. The molecule has 1 atom stereocenters. The van der Waals surface area contributed by atoms with Crippen LogP contribution in [0.2, 0.25) is 0 Å². The summed E-state index contributed by atoms with van der Waals surface area (Å²) in [7, 11) is 0. The average Bonchev–Trinajstić information content (AvgIpc) is 2.83. The van der Waals surface area contributed by atoms with Crippen LogP contribution in [0.1, 0.15) is 26.2 Å². The van der Waals surface area contributed by atoms with E-state index in [0.29, 0.717) is 11.7 Å². The van der Waals surface area contributed by atoms with Crippen LogP contribution in [0.25, 0.3) is 0 Å². The van der Waals surface area contributed by atoms with E-state index in [1.54, 1.807) is 18.0 Å². The first-order valence-electron chi connectivity index (χ1n) is 4.29. The Kier molecular flexibility index (Phi) is 3.66. The molecule has 1 aliphatic rings. The van der Waals surface area contributed by atoms with Crippen LogP contribution in [-0.2, 0) is 4.79 Å². The molecule has 1 amide bonds. The minimum atomic E-state index is 0.124. The molecule has 0 unspecified atom stereocenters. The zero-order valence-corrected chi connectivity index (χ0v) is 8.19. The summed E-state index contributed by atoms with van der Waals surface area (Å²) in [4.78, 5) is 11.2. The zero-order chi connectivity index (χ0) is 8.97. The highest BCUT2D eigenvalue weighted by Crippen LogP contribution is 2.31. The number of carbonyl (C=O) groups excluding carboxylic acids is 1. The Balaban J connectivity index is 2.05. The average molecular weight is 185 g/mol. The molecule has 0 aromatic carbocycles. The van der Waals surface area contributed by atoms with Gasteiger partial charge in [-0.3, -0.25) is 9.52 Å². The van der Waals surface area contributed by atoms with Gasteiger partial charge < -0.3 is 0 Å². The highest BCUT2D eigenvalue weighted by atomic mass is 32.2. The minimum Gasteiger partial charge on any atom is -0.300 e. The van der Waals surface area contributed by atoms with Gasteiger partial charge in [0.2, 0.25) is 5.91 Å². The number of nitrogens with one attached hydrogen (secondary N) is 1. The molecule has 0 aromatic rings. The van der Waals surface area contributed by atoms with Crippen LogP contribution < -0.4 is 4.72 Å². The maximum absolute atomic E-state index is 11.2. The molecule has 1 saturated carbocycles. The summed E-state index contributed by atoms with van der Waals surface area (Å²) in [5.74, 6) is 0.407. The third-order valence-electron chi connectivity index (χ3n) is 1.77. The fourth-order valence-electron chi connectivity index (χ4n) is 0.752. The number of carbonyl (C=O) groups is 1. The predicted molar refractivity (Wildman–Crippen MR) is 52.7 cm³/mol. The molecule has 1 fully saturated rings. The van der Waals surface area contributed by atoms with Gasteiger partial charge in [-0.05, 0) is 30.7 Å². The van der Waals surface area contributed by atoms with Gasteiger partial charge in [-0.2, -0.15) is 0 Å². The van der Waals surface area contributed by atoms with Crippen LogP contribution in [0.4, 0.5) is 0 Å². The minimum absolute atomic E-state index is 0.124.